The second-order valence-electron chi connectivity index (χ2n) is 14.9. The summed E-state index contributed by atoms with van der Waals surface area (Å²) in [5.74, 6) is -6.12. The Kier molecular flexibility index (Phi) is 21.5. The van der Waals surface area contributed by atoms with Crippen LogP contribution in [0.1, 0.15) is 58.3 Å². The van der Waals surface area contributed by atoms with E-state index in [0.717, 1.165) is 26.2 Å². The summed E-state index contributed by atoms with van der Waals surface area (Å²) >= 11 is 0. The zero-order chi connectivity index (χ0) is 45.4. The Morgan fingerprint density at radius 3 is 2.03 bits per heavy atom. The first-order valence-corrected chi connectivity index (χ1v) is 19.9. The van der Waals surface area contributed by atoms with Crippen LogP contribution >= 0.6 is 0 Å². The van der Waals surface area contributed by atoms with Gasteiger partial charge in [0, 0.05) is 26.4 Å². The normalized spacial score (nSPS) is 35.0. The van der Waals surface area contributed by atoms with Crippen molar-refractivity contribution in [2.45, 2.75) is 156 Å². The number of aliphatic carboxylic acids is 1. The number of hydrogen-bond acceptors (Lipinski definition) is 21. The van der Waals surface area contributed by atoms with Crippen molar-refractivity contribution in [1.82, 2.24) is 10.6 Å². The molecule has 11 unspecified atom stereocenters. The van der Waals surface area contributed by atoms with Gasteiger partial charge in [-0.3, -0.25) is 9.59 Å². The predicted molar refractivity (Wildman–Crippen MR) is 201 cm³/mol. The van der Waals surface area contributed by atoms with Gasteiger partial charge in [-0.05, 0) is 12.8 Å². The molecule has 3 aliphatic rings. The number of carbonyl (C=O) groups excluding carboxylic acids is 3. The molecule has 61 heavy (non-hydrogen) atoms. The number of aliphatic hydroxyl groups is 9. The smallest absolute Gasteiger partial charge is 0.407 e. The van der Waals surface area contributed by atoms with E-state index in [1.807, 2.05) is 0 Å². The Balaban J connectivity index is 1.89. The highest BCUT2D eigenvalue weighted by molar-refractivity contribution is 5.76. The van der Waals surface area contributed by atoms with E-state index in [1.165, 1.54) is 13.2 Å². The first-order chi connectivity index (χ1) is 29.0. The third-order valence-corrected chi connectivity index (χ3v) is 10.4. The minimum Gasteiger partial charge on any atom is -0.477 e. The number of carboxylic acids is 1. The van der Waals surface area contributed by atoms with Crippen LogP contribution < -0.4 is 10.6 Å². The Morgan fingerprint density at radius 1 is 0.852 bits per heavy atom. The zero-order valence-corrected chi connectivity index (χ0v) is 34.0. The molecule has 352 valence electrons. The fourth-order valence-electron chi connectivity index (χ4n) is 7.15. The minimum absolute atomic E-state index is 0.0435. The van der Waals surface area contributed by atoms with Crippen LogP contribution in [0.5, 0.6) is 0 Å². The first-order valence-electron chi connectivity index (χ1n) is 19.9. The van der Waals surface area contributed by atoms with Crippen molar-refractivity contribution >= 4 is 23.9 Å². The van der Waals surface area contributed by atoms with Crippen molar-refractivity contribution in [2.75, 3.05) is 40.1 Å². The molecule has 3 heterocycles. The van der Waals surface area contributed by atoms with E-state index in [9.17, 15) is 70.2 Å². The maximum absolute atomic E-state index is 12.9. The number of methoxy groups -OCH3 is 1. The monoisotopic (exact) mass is 886 g/mol. The van der Waals surface area contributed by atoms with Gasteiger partial charge in [0.05, 0.1) is 39.1 Å². The van der Waals surface area contributed by atoms with Gasteiger partial charge in [-0.2, -0.15) is 0 Å². The molecule has 0 saturated carbocycles. The Hall–Kier alpha value is -3.18. The van der Waals surface area contributed by atoms with Crippen LogP contribution in [-0.2, 0) is 52.3 Å². The highest BCUT2D eigenvalue weighted by Gasteiger charge is 2.60. The van der Waals surface area contributed by atoms with Crippen molar-refractivity contribution in [3.63, 3.8) is 0 Å². The van der Waals surface area contributed by atoms with Crippen molar-refractivity contribution < 1.29 is 108 Å². The van der Waals surface area contributed by atoms with E-state index in [2.05, 4.69) is 21.9 Å². The summed E-state index contributed by atoms with van der Waals surface area (Å²) in [7, 11) is 1.32. The topological polar surface area (TPSA) is 368 Å². The average Bonchev–Trinajstić information content (AvgIpc) is 3.23. The van der Waals surface area contributed by atoms with Gasteiger partial charge in [0.1, 0.15) is 73.7 Å². The molecule has 3 aliphatic heterocycles. The molecule has 0 aliphatic carbocycles. The van der Waals surface area contributed by atoms with Crippen LogP contribution in [0, 0.1) is 0 Å². The van der Waals surface area contributed by atoms with Crippen LogP contribution in [0.15, 0.2) is 12.7 Å². The maximum atomic E-state index is 12.9. The van der Waals surface area contributed by atoms with Gasteiger partial charge >= 0.3 is 18.0 Å². The molecular weight excluding hydrogens is 824 g/mol. The number of esters is 1. The molecular formula is C37H62N2O22. The highest BCUT2D eigenvalue weighted by Crippen LogP contribution is 2.38. The van der Waals surface area contributed by atoms with Gasteiger partial charge in [0.25, 0.3) is 5.79 Å². The molecule has 24 heteroatoms. The largest absolute Gasteiger partial charge is 0.477 e. The molecule has 3 rings (SSSR count). The van der Waals surface area contributed by atoms with Gasteiger partial charge in [-0.1, -0.05) is 38.3 Å². The number of aliphatic hydroxyl groups excluding tert-OH is 9. The zero-order valence-electron chi connectivity index (χ0n) is 34.0. The second kappa shape index (κ2) is 25.2. The fourth-order valence-corrected chi connectivity index (χ4v) is 7.15. The predicted octanol–water partition coefficient (Wildman–Crippen LogP) is -4.38. The third kappa shape index (κ3) is 14.2. The summed E-state index contributed by atoms with van der Waals surface area (Å²) in [6.45, 7) is 1.43. The Bertz CT molecular complexity index is 1400. The summed E-state index contributed by atoms with van der Waals surface area (Å²) in [4.78, 5) is 49.0. The number of carbonyl (C=O) groups is 4. The molecule has 3 fully saturated rings. The molecule has 0 aromatic rings. The second-order valence-corrected chi connectivity index (χ2v) is 14.9. The summed E-state index contributed by atoms with van der Waals surface area (Å²) in [6, 6.07) is -3.07. The fraction of sp³-hybridized carbons (Fsp3) is 0.838. The number of rotatable bonds is 24. The van der Waals surface area contributed by atoms with Crippen LogP contribution in [0.25, 0.3) is 0 Å². The van der Waals surface area contributed by atoms with Crippen LogP contribution in [-0.4, -0.2) is 213 Å². The van der Waals surface area contributed by atoms with E-state index in [-0.39, 0.29) is 19.2 Å². The standard InChI is InChI=1S/C37H62N2O22/c1-4-12-56-36(53)39-25-30(27(48)21(16-41)57-33(25)55-13-10-8-6-5-7-9-11-23(46)54-3)59-34-29(50)32(28(49)22(17-42)58-34)61-37(35(51)52)14-19(44)24(38-18(2)43)31(60-37)26(47)20(45)15-40/h4,19-22,24-34,40-42,44-45,47-50H,1,5-17H2,2-3H3,(H,38,43)(H,39,53)(H,51,52)/t19?,20?,21?,22?,24-,25?,26?,27+,28-,29?,30?,31?,32?,33-,34?,37+/m1/s1. The maximum Gasteiger partial charge on any atom is 0.407 e. The molecule has 0 spiro atoms. The van der Waals surface area contributed by atoms with Crippen molar-refractivity contribution in [3.8, 4) is 0 Å². The van der Waals surface area contributed by atoms with E-state index in [0.29, 0.717) is 25.7 Å². The van der Waals surface area contributed by atoms with E-state index < -0.39 is 142 Å². The van der Waals surface area contributed by atoms with Crippen molar-refractivity contribution in [3.05, 3.63) is 12.7 Å². The number of carboxylic acid groups (broad SMARTS) is 1. The third-order valence-electron chi connectivity index (χ3n) is 10.4. The van der Waals surface area contributed by atoms with Gasteiger partial charge < -0.3 is 99.6 Å². The summed E-state index contributed by atoms with van der Waals surface area (Å²) in [5.41, 5.74) is 0. The molecule has 0 aromatic carbocycles. The number of alkyl carbamates (subject to hydrolysis) is 1. The number of hydrogen-bond donors (Lipinski definition) is 12. The van der Waals surface area contributed by atoms with Crippen molar-refractivity contribution in [2.24, 2.45) is 0 Å². The molecule has 3 saturated heterocycles. The molecule has 0 aromatic heterocycles. The summed E-state index contributed by atoms with van der Waals surface area (Å²) in [6.07, 6.45) is -20.9. The summed E-state index contributed by atoms with van der Waals surface area (Å²) in [5, 5.41) is 111. The van der Waals surface area contributed by atoms with E-state index in [1.54, 1.807) is 0 Å². The number of amides is 2. The van der Waals surface area contributed by atoms with E-state index >= 15 is 0 Å². The van der Waals surface area contributed by atoms with Crippen molar-refractivity contribution in [1.29, 1.82) is 0 Å². The number of ether oxygens (including phenoxy) is 8. The van der Waals surface area contributed by atoms with Gasteiger partial charge in [0.2, 0.25) is 5.91 Å². The molecule has 2 amide bonds. The molecule has 0 bridgehead atoms. The summed E-state index contributed by atoms with van der Waals surface area (Å²) < 4.78 is 44.4. The quantitative estimate of drug-likeness (QED) is 0.0247. The molecule has 24 nitrogen and oxygen atoms in total. The van der Waals surface area contributed by atoms with Crippen LogP contribution in [0.4, 0.5) is 4.79 Å². The van der Waals surface area contributed by atoms with Gasteiger partial charge in [-0.25, -0.2) is 9.59 Å². The SMILES string of the molecule is C=CCOC(=O)NC1C(OC2OC(CO)[C@@H](O)C(O[C@]3(C(=O)O)CC(O)[C@@H](NC(C)=O)C(C(O)C(O)CO)O3)C2O)[C@@H](O)C(CO)O[C@H]1OCCCCCCCCC(=O)OC. The lowest BCUT2D eigenvalue weighted by atomic mass is 9.88. The highest BCUT2D eigenvalue weighted by atomic mass is 16.8. The van der Waals surface area contributed by atoms with Crippen LogP contribution in [0.2, 0.25) is 0 Å². The van der Waals surface area contributed by atoms with E-state index in [4.69, 9.17) is 33.2 Å². The lowest BCUT2D eigenvalue weighted by Gasteiger charge is -2.51. The molecule has 16 atom stereocenters. The minimum atomic E-state index is -3.08. The molecule has 12 N–H and O–H groups in total. The van der Waals surface area contributed by atoms with Gasteiger partial charge in [-0.15, -0.1) is 0 Å². The first kappa shape index (κ1) is 52.2. The Labute approximate surface area is 351 Å². The van der Waals surface area contributed by atoms with Gasteiger partial charge in [0.15, 0.2) is 12.6 Å². The lowest BCUT2D eigenvalue weighted by Crippen LogP contribution is -2.71. The molecule has 0 radical (unpaired) electrons. The number of nitrogens with one attached hydrogen (secondary N) is 2. The average molecular weight is 887 g/mol. The number of unbranched alkanes of at least 4 members (excludes halogenated alkanes) is 5. The lowest BCUT2D eigenvalue weighted by molar-refractivity contribution is -0.381. The van der Waals surface area contributed by atoms with Crippen LogP contribution in [0.3, 0.4) is 0 Å². The Morgan fingerprint density at radius 2 is 1.46 bits per heavy atom.